The van der Waals surface area contributed by atoms with E-state index in [1.807, 2.05) is 11.5 Å². The fourth-order valence-electron chi connectivity index (χ4n) is 4.06. The van der Waals surface area contributed by atoms with Gasteiger partial charge in [-0.1, -0.05) is 12.1 Å². The molecule has 4 rings (SSSR count). The van der Waals surface area contributed by atoms with Crippen molar-refractivity contribution >= 4 is 11.8 Å². The number of halogens is 3. The van der Waals surface area contributed by atoms with Gasteiger partial charge in [-0.05, 0) is 31.0 Å². The second-order valence-electron chi connectivity index (χ2n) is 7.83. The Morgan fingerprint density at radius 3 is 2.90 bits per heavy atom. The lowest BCUT2D eigenvalue weighted by molar-refractivity contribution is -0.137. The lowest BCUT2D eigenvalue weighted by atomic mass is 10.1. The highest BCUT2D eigenvalue weighted by atomic mass is 19.4. The van der Waals surface area contributed by atoms with Crippen LogP contribution in [0.15, 0.2) is 24.3 Å². The predicted octanol–water partition coefficient (Wildman–Crippen LogP) is 2.47. The molecule has 1 aromatic carbocycles. The van der Waals surface area contributed by atoms with Gasteiger partial charge in [0.25, 0.3) is 0 Å². The molecule has 0 radical (unpaired) electrons. The molecule has 0 bridgehead atoms. The Balaban J connectivity index is 1.38. The van der Waals surface area contributed by atoms with Crippen molar-refractivity contribution in [3.05, 3.63) is 47.0 Å². The number of amides is 2. The molecule has 1 saturated heterocycles. The van der Waals surface area contributed by atoms with Crippen molar-refractivity contribution in [2.75, 3.05) is 6.54 Å². The number of alkyl halides is 3. The minimum absolute atomic E-state index is 0.0372. The minimum Gasteiger partial charge on any atom is -0.346 e. The number of nitrogens with zero attached hydrogens (tertiary/aromatic N) is 4. The van der Waals surface area contributed by atoms with E-state index < -0.39 is 17.7 Å². The molecular weight excluding hydrogens is 399 g/mol. The summed E-state index contributed by atoms with van der Waals surface area (Å²) in [7, 11) is 0. The second-order valence-corrected chi connectivity index (χ2v) is 7.83. The zero-order valence-corrected chi connectivity index (χ0v) is 16.4. The van der Waals surface area contributed by atoms with Gasteiger partial charge in [0.05, 0.1) is 17.5 Å². The molecular formula is C20H22F3N5O2. The minimum atomic E-state index is -4.44. The van der Waals surface area contributed by atoms with Crippen molar-refractivity contribution in [2.45, 2.75) is 51.5 Å². The zero-order chi connectivity index (χ0) is 21.5. The molecule has 0 aliphatic carbocycles. The normalized spacial score (nSPS) is 19.8. The van der Waals surface area contributed by atoms with Crippen LogP contribution in [0.5, 0.6) is 0 Å². The third kappa shape index (κ3) is 4.03. The summed E-state index contributed by atoms with van der Waals surface area (Å²) in [6.45, 7) is 2.86. The predicted molar refractivity (Wildman–Crippen MR) is 99.9 cm³/mol. The number of nitrogens with one attached hydrogen (secondary N) is 1. The Hall–Kier alpha value is -2.91. The maximum absolute atomic E-state index is 12.9. The molecule has 2 aliphatic rings. The van der Waals surface area contributed by atoms with Crippen LogP contribution in [0.25, 0.3) is 0 Å². The number of hydrogen-bond donors (Lipinski definition) is 1. The van der Waals surface area contributed by atoms with E-state index in [9.17, 15) is 22.8 Å². The van der Waals surface area contributed by atoms with Crippen LogP contribution in [-0.2, 0) is 35.3 Å². The van der Waals surface area contributed by atoms with E-state index in [1.54, 1.807) is 6.07 Å². The molecule has 7 nitrogen and oxygen atoms in total. The van der Waals surface area contributed by atoms with Crippen LogP contribution >= 0.6 is 0 Å². The molecule has 2 amide bonds. The van der Waals surface area contributed by atoms with Crippen LogP contribution in [0.3, 0.4) is 0 Å². The van der Waals surface area contributed by atoms with Gasteiger partial charge in [0.2, 0.25) is 11.8 Å². The summed E-state index contributed by atoms with van der Waals surface area (Å²) in [6, 6.07) is 4.55. The summed E-state index contributed by atoms with van der Waals surface area (Å²) in [5.74, 6) is 0.545. The topological polar surface area (TPSA) is 80.1 Å². The molecule has 2 atom stereocenters. The molecule has 0 unspecified atom stereocenters. The number of rotatable bonds is 5. The highest BCUT2D eigenvalue weighted by Gasteiger charge is 2.36. The SMILES string of the molecule is C[C@@H](NC(=O)[C@H]1CC(=O)N(Cc2cccc(C(F)(F)F)c2)C1)c1nnc2n1CCC2. The van der Waals surface area contributed by atoms with E-state index in [0.29, 0.717) is 11.4 Å². The van der Waals surface area contributed by atoms with Crippen molar-refractivity contribution in [3.8, 4) is 0 Å². The van der Waals surface area contributed by atoms with Gasteiger partial charge in [0, 0.05) is 32.5 Å². The van der Waals surface area contributed by atoms with E-state index in [4.69, 9.17) is 0 Å². The highest BCUT2D eigenvalue weighted by Crippen LogP contribution is 2.30. The highest BCUT2D eigenvalue weighted by molar-refractivity contribution is 5.89. The number of benzene rings is 1. The molecule has 2 aliphatic heterocycles. The maximum Gasteiger partial charge on any atom is 0.416 e. The number of carbonyl (C=O) groups excluding carboxylic acids is 2. The average molecular weight is 421 g/mol. The Bertz CT molecular complexity index is 972. The third-order valence-corrected chi connectivity index (χ3v) is 5.60. The number of fused-ring (bicyclic) bond motifs is 1. The van der Waals surface area contributed by atoms with Gasteiger partial charge in [-0.15, -0.1) is 10.2 Å². The van der Waals surface area contributed by atoms with Gasteiger partial charge in [-0.3, -0.25) is 9.59 Å². The Morgan fingerprint density at radius 1 is 1.33 bits per heavy atom. The standard InChI is InChI=1S/C20H22F3N5O2/c1-12(18-26-25-16-6-3-7-28(16)18)24-19(30)14-9-17(29)27(11-14)10-13-4-2-5-15(8-13)20(21,22)23/h2,4-5,8,12,14H,3,6-7,9-11H2,1H3,(H,24,30)/t12-,14+/m1/s1. The summed E-state index contributed by atoms with van der Waals surface area (Å²) in [5.41, 5.74) is -0.373. The van der Waals surface area contributed by atoms with E-state index in [2.05, 4.69) is 15.5 Å². The summed E-state index contributed by atoms with van der Waals surface area (Å²) >= 11 is 0. The Kier molecular flexibility index (Phi) is 5.25. The summed E-state index contributed by atoms with van der Waals surface area (Å²) in [6.07, 6.45) is -2.53. The average Bonchev–Trinajstić information content (AvgIpc) is 3.37. The molecule has 30 heavy (non-hydrogen) atoms. The van der Waals surface area contributed by atoms with Gasteiger partial charge in [0.15, 0.2) is 5.82 Å². The van der Waals surface area contributed by atoms with Crippen LogP contribution < -0.4 is 5.32 Å². The molecule has 0 saturated carbocycles. The van der Waals surface area contributed by atoms with Crippen LogP contribution in [0.4, 0.5) is 13.2 Å². The molecule has 1 N–H and O–H groups in total. The molecule has 160 valence electrons. The van der Waals surface area contributed by atoms with Crippen molar-refractivity contribution < 1.29 is 22.8 Å². The molecule has 1 aromatic heterocycles. The largest absolute Gasteiger partial charge is 0.416 e. The van der Waals surface area contributed by atoms with Crippen LogP contribution in [-0.4, -0.2) is 38.0 Å². The van der Waals surface area contributed by atoms with E-state index in [-0.39, 0.29) is 37.4 Å². The molecule has 2 aromatic rings. The summed E-state index contributed by atoms with van der Waals surface area (Å²) in [4.78, 5) is 26.5. The van der Waals surface area contributed by atoms with Crippen LogP contribution in [0, 0.1) is 5.92 Å². The molecule has 10 heteroatoms. The van der Waals surface area contributed by atoms with E-state index in [1.165, 1.54) is 11.0 Å². The Morgan fingerprint density at radius 2 is 2.13 bits per heavy atom. The van der Waals surface area contributed by atoms with Gasteiger partial charge in [-0.2, -0.15) is 13.2 Å². The van der Waals surface area contributed by atoms with Crippen LogP contribution in [0.2, 0.25) is 0 Å². The van der Waals surface area contributed by atoms with Crippen molar-refractivity contribution in [2.24, 2.45) is 5.92 Å². The van der Waals surface area contributed by atoms with Crippen molar-refractivity contribution in [1.29, 1.82) is 0 Å². The first-order valence-electron chi connectivity index (χ1n) is 9.88. The van der Waals surface area contributed by atoms with Gasteiger partial charge >= 0.3 is 6.18 Å². The third-order valence-electron chi connectivity index (χ3n) is 5.60. The number of carbonyl (C=O) groups is 2. The molecule has 0 spiro atoms. The smallest absolute Gasteiger partial charge is 0.346 e. The number of likely N-dealkylation sites (tertiary alicyclic amines) is 1. The summed E-state index contributed by atoms with van der Waals surface area (Å²) in [5, 5.41) is 11.2. The number of aromatic nitrogens is 3. The second kappa shape index (κ2) is 7.73. The fraction of sp³-hybridized carbons (Fsp3) is 0.500. The quantitative estimate of drug-likeness (QED) is 0.805. The first kappa shape index (κ1) is 20.4. The lowest BCUT2D eigenvalue weighted by Gasteiger charge is -2.19. The van der Waals surface area contributed by atoms with E-state index in [0.717, 1.165) is 37.3 Å². The molecule has 3 heterocycles. The monoisotopic (exact) mass is 421 g/mol. The lowest BCUT2D eigenvalue weighted by Crippen LogP contribution is -2.35. The van der Waals surface area contributed by atoms with E-state index >= 15 is 0 Å². The van der Waals surface area contributed by atoms with Gasteiger partial charge in [0.1, 0.15) is 5.82 Å². The number of hydrogen-bond acceptors (Lipinski definition) is 4. The van der Waals surface area contributed by atoms with Crippen molar-refractivity contribution in [1.82, 2.24) is 25.0 Å². The van der Waals surface area contributed by atoms with Crippen LogP contribution in [0.1, 0.15) is 48.6 Å². The maximum atomic E-state index is 12.9. The Labute approximate surface area is 171 Å². The molecule has 1 fully saturated rings. The number of aryl methyl sites for hydroxylation is 1. The zero-order valence-electron chi connectivity index (χ0n) is 16.4. The first-order valence-corrected chi connectivity index (χ1v) is 9.88. The van der Waals surface area contributed by atoms with Crippen molar-refractivity contribution in [3.63, 3.8) is 0 Å². The summed E-state index contributed by atoms with van der Waals surface area (Å²) < 4.78 is 40.7. The van der Waals surface area contributed by atoms with Gasteiger partial charge < -0.3 is 14.8 Å². The first-order chi connectivity index (χ1) is 14.2. The van der Waals surface area contributed by atoms with Gasteiger partial charge in [-0.25, -0.2) is 0 Å². The fourth-order valence-corrected chi connectivity index (χ4v) is 4.06.